The van der Waals surface area contributed by atoms with Crippen molar-refractivity contribution >= 4 is 27.6 Å². The molecule has 2 atom stereocenters. The molecule has 1 aliphatic carbocycles. The summed E-state index contributed by atoms with van der Waals surface area (Å²) in [5.74, 6) is 1.07. The van der Waals surface area contributed by atoms with Crippen molar-refractivity contribution in [2.45, 2.75) is 71.6 Å². The number of unbranched alkanes of at least 4 members (excludes halogenated alkanes) is 2. The number of Topliss-reactive ketones (excluding diaryl/α,β-unsaturated/α-hetero) is 1. The van der Waals surface area contributed by atoms with Gasteiger partial charge < -0.3 is 24.8 Å². The highest BCUT2D eigenvalue weighted by molar-refractivity contribution is 9.10. The molecule has 2 aliphatic rings. The Balaban J connectivity index is 1.79. The van der Waals surface area contributed by atoms with E-state index in [-0.39, 0.29) is 18.3 Å². The minimum absolute atomic E-state index is 0.0715. The second-order valence-corrected chi connectivity index (χ2v) is 10.9. The molecule has 1 aromatic carbocycles. The number of carbonyl (C=O) groups is 2. The Morgan fingerprint density at radius 2 is 2.00 bits per heavy atom. The third kappa shape index (κ3) is 7.86. The van der Waals surface area contributed by atoms with Crippen molar-refractivity contribution in [3.63, 3.8) is 0 Å². The number of nitrogens with one attached hydrogen (secondary N) is 2. The van der Waals surface area contributed by atoms with Gasteiger partial charge in [0.2, 0.25) is 5.91 Å². The maximum Gasteiger partial charge on any atom is 0.245 e. The molecule has 0 aromatic heterocycles. The minimum Gasteiger partial charge on any atom is -0.490 e. The van der Waals surface area contributed by atoms with Gasteiger partial charge in [0.15, 0.2) is 17.3 Å². The van der Waals surface area contributed by atoms with Crippen LogP contribution in [0.1, 0.15) is 77.2 Å². The molecule has 1 aliphatic heterocycles. The van der Waals surface area contributed by atoms with E-state index in [4.69, 9.17) is 14.2 Å². The number of dihydropyridines is 1. The molecule has 0 bridgehead atoms. The van der Waals surface area contributed by atoms with Crippen LogP contribution < -0.4 is 20.1 Å². The zero-order chi connectivity index (χ0) is 28.4. The van der Waals surface area contributed by atoms with Gasteiger partial charge in [-0.3, -0.25) is 9.59 Å². The Morgan fingerprint density at radius 3 is 2.69 bits per heavy atom. The molecule has 0 fully saturated rings. The molecule has 0 saturated carbocycles. The molecule has 0 radical (unpaired) electrons. The van der Waals surface area contributed by atoms with Crippen LogP contribution in [0.25, 0.3) is 0 Å². The zero-order valence-corrected chi connectivity index (χ0v) is 25.0. The van der Waals surface area contributed by atoms with Gasteiger partial charge in [-0.15, -0.1) is 0 Å². The van der Waals surface area contributed by atoms with Gasteiger partial charge in [0, 0.05) is 37.0 Å². The van der Waals surface area contributed by atoms with Crippen LogP contribution in [0.5, 0.6) is 11.5 Å². The molecule has 2 unspecified atom stereocenters. The van der Waals surface area contributed by atoms with Gasteiger partial charge in [-0.05, 0) is 85.5 Å². The Hall–Kier alpha value is -2.83. The number of hydrogen-bond donors (Lipinski definition) is 2. The average Bonchev–Trinajstić information content (AvgIpc) is 2.89. The number of allylic oxidation sites excluding steroid dienone is 4. The average molecular weight is 603 g/mol. The molecule has 212 valence electrons. The number of benzene rings is 1. The molecule has 1 aromatic rings. The van der Waals surface area contributed by atoms with Crippen molar-refractivity contribution in [1.82, 2.24) is 10.6 Å². The number of nitrogens with zero attached hydrogens (tertiary/aromatic N) is 1. The molecule has 39 heavy (non-hydrogen) atoms. The smallest absolute Gasteiger partial charge is 0.245 e. The van der Waals surface area contributed by atoms with E-state index in [1.807, 2.05) is 26.0 Å². The third-order valence-corrected chi connectivity index (χ3v) is 7.65. The first-order valence-corrected chi connectivity index (χ1v) is 14.6. The molecule has 2 N–H and O–H groups in total. The van der Waals surface area contributed by atoms with E-state index in [0.717, 1.165) is 60.0 Å². The third-order valence-electron chi connectivity index (χ3n) is 7.06. The summed E-state index contributed by atoms with van der Waals surface area (Å²) < 4.78 is 17.6. The summed E-state index contributed by atoms with van der Waals surface area (Å²) in [4.78, 5) is 24.9. The van der Waals surface area contributed by atoms with Gasteiger partial charge in [-0.1, -0.05) is 13.3 Å². The molecule has 1 amide bonds. The van der Waals surface area contributed by atoms with Crippen molar-refractivity contribution in [1.29, 1.82) is 5.26 Å². The Morgan fingerprint density at radius 1 is 1.21 bits per heavy atom. The molecular weight excluding hydrogens is 562 g/mol. The molecule has 8 nitrogen and oxygen atoms in total. The predicted octanol–water partition coefficient (Wildman–Crippen LogP) is 5.68. The second-order valence-electron chi connectivity index (χ2n) is 10.0. The lowest BCUT2D eigenvalue weighted by Crippen LogP contribution is -2.34. The summed E-state index contributed by atoms with van der Waals surface area (Å²) in [5.41, 5.74) is 3.82. The number of carbonyl (C=O) groups excluding carboxylic acids is 2. The van der Waals surface area contributed by atoms with Crippen LogP contribution in [0.3, 0.4) is 0 Å². The Kier molecular flexibility index (Phi) is 11.9. The number of methoxy groups -OCH3 is 1. The Bertz CT molecular complexity index is 1150. The van der Waals surface area contributed by atoms with Gasteiger partial charge in [0.1, 0.15) is 6.61 Å². The fourth-order valence-electron chi connectivity index (χ4n) is 5.36. The number of ketones is 1. The van der Waals surface area contributed by atoms with E-state index in [2.05, 4.69) is 39.6 Å². The first-order chi connectivity index (χ1) is 18.8. The lowest BCUT2D eigenvalue weighted by Gasteiger charge is -2.35. The van der Waals surface area contributed by atoms with Crippen LogP contribution in [0, 0.1) is 17.2 Å². The number of hydrogen-bond acceptors (Lipinski definition) is 7. The van der Waals surface area contributed by atoms with E-state index in [1.54, 1.807) is 0 Å². The second kappa shape index (κ2) is 15.1. The summed E-state index contributed by atoms with van der Waals surface area (Å²) in [6, 6.07) is 6.21. The maximum absolute atomic E-state index is 13.4. The van der Waals surface area contributed by atoms with Gasteiger partial charge in [-0.2, -0.15) is 5.26 Å². The summed E-state index contributed by atoms with van der Waals surface area (Å²) in [6.45, 7) is 7.58. The number of nitriles is 1. The predicted molar refractivity (Wildman–Crippen MR) is 153 cm³/mol. The maximum atomic E-state index is 13.4. The van der Waals surface area contributed by atoms with Crippen LogP contribution in [0.15, 0.2) is 39.1 Å². The monoisotopic (exact) mass is 601 g/mol. The van der Waals surface area contributed by atoms with E-state index in [0.29, 0.717) is 54.7 Å². The largest absolute Gasteiger partial charge is 0.490 e. The van der Waals surface area contributed by atoms with Crippen molar-refractivity contribution in [3.8, 4) is 17.6 Å². The summed E-state index contributed by atoms with van der Waals surface area (Å²) in [7, 11) is 1.50. The molecule has 0 spiro atoms. The fourth-order valence-corrected chi connectivity index (χ4v) is 5.93. The Labute approximate surface area is 240 Å². The zero-order valence-electron chi connectivity index (χ0n) is 23.5. The van der Waals surface area contributed by atoms with Crippen LogP contribution in [-0.2, 0) is 14.3 Å². The summed E-state index contributed by atoms with van der Waals surface area (Å²) in [5, 5.41) is 16.3. The van der Waals surface area contributed by atoms with E-state index in [1.165, 1.54) is 7.11 Å². The molecule has 3 rings (SSSR count). The molecular formula is C30H40BrN3O5. The lowest BCUT2D eigenvalue weighted by atomic mass is 9.72. The van der Waals surface area contributed by atoms with Gasteiger partial charge in [0.05, 0.1) is 35.2 Å². The van der Waals surface area contributed by atoms with Crippen LogP contribution >= 0.6 is 15.9 Å². The van der Waals surface area contributed by atoms with E-state index in [9.17, 15) is 14.9 Å². The summed E-state index contributed by atoms with van der Waals surface area (Å²) >= 11 is 3.67. The van der Waals surface area contributed by atoms with Crippen LogP contribution in [-0.4, -0.2) is 45.2 Å². The fraction of sp³-hybridized carbons (Fsp3) is 0.567. The van der Waals surface area contributed by atoms with Crippen LogP contribution in [0.4, 0.5) is 0 Å². The number of amides is 1. The van der Waals surface area contributed by atoms with Crippen molar-refractivity contribution < 1.29 is 23.8 Å². The minimum atomic E-state index is -0.445. The quantitative estimate of drug-likeness (QED) is 0.264. The van der Waals surface area contributed by atoms with Crippen molar-refractivity contribution in [3.05, 3.63) is 44.7 Å². The highest BCUT2D eigenvalue weighted by atomic mass is 79.9. The first kappa shape index (κ1) is 30.7. The highest BCUT2D eigenvalue weighted by Crippen LogP contribution is 2.47. The molecule has 9 heteroatoms. The van der Waals surface area contributed by atoms with Gasteiger partial charge in [-0.25, -0.2) is 0 Å². The number of ether oxygens (including phenoxy) is 3. The number of halogens is 1. The topological polar surface area (TPSA) is 110 Å². The SMILES string of the molecule is CCCC1CC(=O)C2=C(C1)NC(C)=C(C#N)C2c1cc(Br)c(OCCCCCNC(=O)COC)c(OCC)c1. The van der Waals surface area contributed by atoms with Crippen molar-refractivity contribution in [2.75, 3.05) is 33.5 Å². The van der Waals surface area contributed by atoms with Gasteiger partial charge >= 0.3 is 0 Å². The lowest BCUT2D eigenvalue weighted by molar-refractivity contribution is -0.124. The highest BCUT2D eigenvalue weighted by Gasteiger charge is 2.39. The van der Waals surface area contributed by atoms with Gasteiger partial charge in [0.25, 0.3) is 0 Å². The first-order valence-electron chi connectivity index (χ1n) is 13.8. The van der Waals surface area contributed by atoms with E-state index >= 15 is 0 Å². The molecule has 0 saturated heterocycles. The summed E-state index contributed by atoms with van der Waals surface area (Å²) in [6.07, 6.45) is 5.95. The standard InChI is InChI=1S/C30H40BrN3O5/c1-5-10-20-13-24-29(25(35)14-20)28(22(17-32)19(3)34-24)21-15-23(31)30(26(16-21)38-6-2)39-12-9-7-8-11-33-27(36)18-37-4/h15-16,20,28,34H,5-14,18H2,1-4H3,(H,33,36). The number of rotatable bonds is 14. The molecule has 1 heterocycles. The van der Waals surface area contributed by atoms with Crippen molar-refractivity contribution in [2.24, 2.45) is 5.92 Å². The van der Waals surface area contributed by atoms with E-state index < -0.39 is 5.92 Å². The normalized spacial score (nSPS) is 18.8. The van der Waals surface area contributed by atoms with Crippen LogP contribution in [0.2, 0.25) is 0 Å².